The number of hydrogen-bond donors (Lipinski definition) is 1. The number of benzene rings is 1. The summed E-state index contributed by atoms with van der Waals surface area (Å²) in [5.41, 5.74) is 0. The van der Waals surface area contributed by atoms with Gasteiger partial charge in [-0.25, -0.2) is 0 Å². The zero-order chi connectivity index (χ0) is 14.8. The standard InChI is InChI=1S/C16H20ClNO3/c17-11-2-1-3-15(8-11)21-7-6-16(20)18-12-4-5-13(18)10-14(19)9-12/h1-3,8,12-14,19H,4-7,9-10H2. The number of carbonyl (C=O) groups is 1. The molecule has 2 bridgehead atoms. The molecule has 1 N–H and O–H groups in total. The van der Waals surface area contributed by atoms with E-state index >= 15 is 0 Å². The molecule has 114 valence electrons. The minimum atomic E-state index is -0.241. The molecule has 21 heavy (non-hydrogen) atoms. The molecule has 2 atom stereocenters. The molecule has 1 amide bonds. The Balaban J connectivity index is 1.51. The largest absolute Gasteiger partial charge is 0.493 e. The highest BCUT2D eigenvalue weighted by atomic mass is 35.5. The van der Waals surface area contributed by atoms with Gasteiger partial charge >= 0.3 is 0 Å². The highest BCUT2D eigenvalue weighted by Gasteiger charge is 2.42. The molecule has 0 aliphatic carbocycles. The van der Waals surface area contributed by atoms with Crippen LogP contribution in [0.15, 0.2) is 24.3 Å². The van der Waals surface area contributed by atoms with Crippen molar-refractivity contribution in [2.24, 2.45) is 0 Å². The van der Waals surface area contributed by atoms with Gasteiger partial charge in [-0.3, -0.25) is 4.79 Å². The number of halogens is 1. The molecule has 1 aromatic rings. The summed E-state index contributed by atoms with van der Waals surface area (Å²) in [6.45, 7) is 0.359. The number of nitrogens with zero attached hydrogens (tertiary/aromatic N) is 1. The van der Waals surface area contributed by atoms with Crippen LogP contribution in [0.5, 0.6) is 5.75 Å². The molecule has 1 aromatic carbocycles. The summed E-state index contributed by atoms with van der Waals surface area (Å²) in [6, 6.07) is 7.63. The monoisotopic (exact) mass is 309 g/mol. The first-order valence-corrected chi connectivity index (χ1v) is 7.89. The van der Waals surface area contributed by atoms with Crippen molar-refractivity contribution in [3.63, 3.8) is 0 Å². The van der Waals surface area contributed by atoms with E-state index in [2.05, 4.69) is 0 Å². The molecule has 3 rings (SSSR count). The van der Waals surface area contributed by atoms with Gasteiger partial charge in [0.2, 0.25) is 5.91 Å². The van der Waals surface area contributed by atoms with Gasteiger partial charge in [-0.05, 0) is 43.9 Å². The van der Waals surface area contributed by atoms with Crippen molar-refractivity contribution in [3.8, 4) is 5.75 Å². The molecule has 2 fully saturated rings. The lowest BCUT2D eigenvalue weighted by atomic mass is 9.99. The van der Waals surface area contributed by atoms with Gasteiger partial charge in [0.15, 0.2) is 0 Å². The average Bonchev–Trinajstić information content (AvgIpc) is 2.71. The molecule has 0 spiro atoms. The van der Waals surface area contributed by atoms with Crippen molar-refractivity contribution in [2.75, 3.05) is 6.61 Å². The Bertz CT molecular complexity index is 508. The summed E-state index contributed by atoms with van der Waals surface area (Å²) in [6.07, 6.45) is 3.60. The van der Waals surface area contributed by atoms with E-state index < -0.39 is 0 Å². The van der Waals surface area contributed by atoms with Crippen LogP contribution in [0.1, 0.15) is 32.1 Å². The third-order valence-electron chi connectivity index (χ3n) is 4.38. The Morgan fingerprint density at radius 3 is 2.71 bits per heavy atom. The predicted octanol–water partition coefficient (Wildman–Crippen LogP) is 2.62. The van der Waals surface area contributed by atoms with Crippen LogP contribution in [0.3, 0.4) is 0 Å². The number of piperidine rings is 1. The molecule has 5 heteroatoms. The second kappa shape index (κ2) is 6.24. The van der Waals surface area contributed by atoms with Crippen molar-refractivity contribution in [3.05, 3.63) is 29.3 Å². The summed E-state index contributed by atoms with van der Waals surface area (Å²) in [4.78, 5) is 14.3. The lowest BCUT2D eigenvalue weighted by Gasteiger charge is -2.37. The second-order valence-corrected chi connectivity index (χ2v) is 6.30. The number of aliphatic hydroxyl groups is 1. The molecule has 2 saturated heterocycles. The van der Waals surface area contributed by atoms with Crippen LogP contribution >= 0.6 is 11.6 Å². The van der Waals surface area contributed by atoms with E-state index in [1.165, 1.54) is 0 Å². The van der Waals surface area contributed by atoms with Crippen molar-refractivity contribution >= 4 is 17.5 Å². The maximum Gasteiger partial charge on any atom is 0.226 e. The first kappa shape index (κ1) is 14.7. The summed E-state index contributed by atoms with van der Waals surface area (Å²) >= 11 is 5.89. The van der Waals surface area contributed by atoms with E-state index in [1.807, 2.05) is 17.0 Å². The Labute approximate surface area is 129 Å². The number of fused-ring (bicyclic) bond motifs is 2. The third-order valence-corrected chi connectivity index (χ3v) is 4.61. The van der Waals surface area contributed by atoms with Gasteiger partial charge < -0.3 is 14.7 Å². The van der Waals surface area contributed by atoms with E-state index in [0.717, 1.165) is 25.7 Å². The van der Waals surface area contributed by atoms with Gasteiger partial charge in [0, 0.05) is 17.1 Å². The van der Waals surface area contributed by atoms with Gasteiger partial charge in [-0.2, -0.15) is 0 Å². The summed E-state index contributed by atoms with van der Waals surface area (Å²) in [5, 5.41) is 10.4. The molecule has 2 aliphatic heterocycles. The van der Waals surface area contributed by atoms with Gasteiger partial charge in [0.25, 0.3) is 0 Å². The molecular formula is C16H20ClNO3. The zero-order valence-electron chi connectivity index (χ0n) is 11.9. The molecular weight excluding hydrogens is 290 g/mol. The number of carbonyl (C=O) groups excluding carboxylic acids is 1. The molecule has 0 saturated carbocycles. The molecule has 4 nitrogen and oxygen atoms in total. The molecule has 2 heterocycles. The SMILES string of the molecule is O=C(CCOc1cccc(Cl)c1)N1C2CCC1CC(O)C2. The summed E-state index contributed by atoms with van der Waals surface area (Å²) in [5.74, 6) is 0.823. The Morgan fingerprint density at radius 1 is 1.33 bits per heavy atom. The number of amides is 1. The molecule has 0 radical (unpaired) electrons. The lowest BCUT2D eigenvalue weighted by molar-refractivity contribution is -0.137. The highest BCUT2D eigenvalue weighted by Crippen LogP contribution is 2.36. The van der Waals surface area contributed by atoms with Crippen LogP contribution in [0.4, 0.5) is 0 Å². The van der Waals surface area contributed by atoms with Crippen molar-refractivity contribution in [1.29, 1.82) is 0 Å². The minimum absolute atomic E-state index is 0.136. The van der Waals surface area contributed by atoms with Crippen LogP contribution in [-0.4, -0.2) is 40.7 Å². The number of ether oxygens (including phenoxy) is 1. The number of aliphatic hydroxyl groups excluding tert-OH is 1. The topological polar surface area (TPSA) is 49.8 Å². The quantitative estimate of drug-likeness (QED) is 0.930. The van der Waals surface area contributed by atoms with Gasteiger partial charge in [0.1, 0.15) is 5.75 Å². The van der Waals surface area contributed by atoms with Gasteiger partial charge in [-0.15, -0.1) is 0 Å². The molecule has 2 unspecified atom stereocenters. The summed E-state index contributed by atoms with van der Waals surface area (Å²) in [7, 11) is 0. The van der Waals surface area contributed by atoms with E-state index in [9.17, 15) is 9.90 Å². The van der Waals surface area contributed by atoms with Crippen LogP contribution < -0.4 is 4.74 Å². The number of hydrogen-bond acceptors (Lipinski definition) is 3. The molecule has 2 aliphatic rings. The van der Waals surface area contributed by atoms with Crippen LogP contribution in [0, 0.1) is 0 Å². The van der Waals surface area contributed by atoms with Crippen LogP contribution in [0.2, 0.25) is 5.02 Å². The normalized spacial score (nSPS) is 27.7. The van der Waals surface area contributed by atoms with Crippen LogP contribution in [0.25, 0.3) is 0 Å². The maximum absolute atomic E-state index is 12.4. The van der Waals surface area contributed by atoms with Gasteiger partial charge in [-0.1, -0.05) is 17.7 Å². The first-order valence-electron chi connectivity index (χ1n) is 7.51. The molecule has 0 aromatic heterocycles. The highest BCUT2D eigenvalue weighted by molar-refractivity contribution is 6.30. The van der Waals surface area contributed by atoms with Crippen LogP contribution in [-0.2, 0) is 4.79 Å². The summed E-state index contributed by atoms with van der Waals surface area (Å²) < 4.78 is 5.58. The van der Waals surface area contributed by atoms with Gasteiger partial charge in [0.05, 0.1) is 19.1 Å². The minimum Gasteiger partial charge on any atom is -0.493 e. The fourth-order valence-corrected chi connectivity index (χ4v) is 3.68. The maximum atomic E-state index is 12.4. The predicted molar refractivity (Wildman–Crippen MR) is 80.5 cm³/mol. The third kappa shape index (κ3) is 3.33. The Morgan fingerprint density at radius 2 is 2.05 bits per heavy atom. The number of rotatable bonds is 4. The van der Waals surface area contributed by atoms with E-state index in [1.54, 1.807) is 12.1 Å². The zero-order valence-corrected chi connectivity index (χ0v) is 12.6. The second-order valence-electron chi connectivity index (χ2n) is 5.87. The Hall–Kier alpha value is -1.26. The van der Waals surface area contributed by atoms with Crippen molar-refractivity contribution in [2.45, 2.75) is 50.3 Å². The van der Waals surface area contributed by atoms with E-state index in [4.69, 9.17) is 16.3 Å². The fourth-order valence-electron chi connectivity index (χ4n) is 3.50. The average molecular weight is 310 g/mol. The Kier molecular flexibility index (Phi) is 4.36. The first-order chi connectivity index (χ1) is 10.1. The smallest absolute Gasteiger partial charge is 0.226 e. The fraction of sp³-hybridized carbons (Fsp3) is 0.562. The van der Waals surface area contributed by atoms with E-state index in [0.29, 0.717) is 23.8 Å². The van der Waals surface area contributed by atoms with E-state index in [-0.39, 0.29) is 24.1 Å². The van der Waals surface area contributed by atoms with Crippen molar-refractivity contribution in [1.82, 2.24) is 4.90 Å². The van der Waals surface area contributed by atoms with Crippen molar-refractivity contribution < 1.29 is 14.6 Å². The lowest BCUT2D eigenvalue weighted by Crippen LogP contribution is -2.48.